The summed E-state index contributed by atoms with van der Waals surface area (Å²) in [6.45, 7) is -0.0550. The average Bonchev–Trinajstić information content (AvgIpc) is 2.40. The lowest BCUT2D eigenvalue weighted by Crippen LogP contribution is -2.12. The second-order valence-corrected chi connectivity index (χ2v) is 3.44. The molecule has 0 aliphatic rings. The lowest BCUT2D eigenvalue weighted by atomic mass is 10.2. The lowest BCUT2D eigenvalue weighted by Gasteiger charge is -2.05. The highest BCUT2D eigenvalue weighted by Crippen LogP contribution is 2.11. The van der Waals surface area contributed by atoms with Gasteiger partial charge in [-0.1, -0.05) is 12.1 Å². The quantitative estimate of drug-likeness (QED) is 0.829. The zero-order valence-electron chi connectivity index (χ0n) is 9.00. The van der Waals surface area contributed by atoms with Crippen molar-refractivity contribution in [1.29, 1.82) is 0 Å². The van der Waals surface area contributed by atoms with Gasteiger partial charge in [0.2, 0.25) is 0 Å². The number of nitrogens with zero attached hydrogens (tertiary/aromatic N) is 2. The topological polar surface area (TPSA) is 75.1 Å². The van der Waals surface area contributed by atoms with Crippen molar-refractivity contribution >= 4 is 11.6 Å². The highest BCUT2D eigenvalue weighted by atomic mass is 16.3. The Labute approximate surface area is 98.1 Å². The zero-order valence-corrected chi connectivity index (χ0v) is 9.00. The van der Waals surface area contributed by atoms with Gasteiger partial charge in [0.05, 0.1) is 24.6 Å². The molecule has 5 nitrogen and oxygen atoms in total. The van der Waals surface area contributed by atoms with Crippen LogP contribution in [-0.4, -0.2) is 21.2 Å². The van der Waals surface area contributed by atoms with E-state index in [9.17, 15) is 4.79 Å². The van der Waals surface area contributed by atoms with Gasteiger partial charge in [0.1, 0.15) is 0 Å². The average molecular weight is 229 g/mol. The van der Waals surface area contributed by atoms with Crippen LogP contribution in [0.2, 0.25) is 0 Å². The van der Waals surface area contributed by atoms with E-state index < -0.39 is 0 Å². The molecule has 0 spiro atoms. The summed E-state index contributed by atoms with van der Waals surface area (Å²) in [4.78, 5) is 11.8. The molecule has 0 bridgehead atoms. The highest BCUT2D eigenvalue weighted by Gasteiger charge is 2.05. The van der Waals surface area contributed by atoms with E-state index in [2.05, 4.69) is 15.5 Å². The number of carbonyl (C=O) groups excluding carboxylic acids is 1. The standard InChI is InChI=1S/C12H11N3O2/c16-8-9-2-1-3-11(6-9)15-12(17)10-4-5-13-14-7-10/h1-7,16H,8H2,(H,15,17). The molecule has 1 aromatic carbocycles. The van der Waals surface area contributed by atoms with Gasteiger partial charge >= 0.3 is 0 Å². The molecule has 1 aromatic heterocycles. The van der Waals surface area contributed by atoms with Gasteiger partial charge in [-0.05, 0) is 23.8 Å². The molecule has 1 amide bonds. The van der Waals surface area contributed by atoms with E-state index in [1.165, 1.54) is 12.4 Å². The first-order valence-corrected chi connectivity index (χ1v) is 5.07. The van der Waals surface area contributed by atoms with Crippen molar-refractivity contribution in [2.24, 2.45) is 0 Å². The summed E-state index contributed by atoms with van der Waals surface area (Å²) in [7, 11) is 0. The Balaban J connectivity index is 2.13. The van der Waals surface area contributed by atoms with Crippen LogP contribution in [-0.2, 0) is 6.61 Å². The molecule has 0 aliphatic carbocycles. The second kappa shape index (κ2) is 5.18. The summed E-state index contributed by atoms with van der Waals surface area (Å²) in [6.07, 6.45) is 2.85. The van der Waals surface area contributed by atoms with Crippen molar-refractivity contribution in [3.05, 3.63) is 53.9 Å². The fraction of sp³-hybridized carbons (Fsp3) is 0.0833. The van der Waals surface area contributed by atoms with E-state index in [-0.39, 0.29) is 12.5 Å². The Hall–Kier alpha value is -2.27. The first-order valence-electron chi connectivity index (χ1n) is 5.07. The minimum absolute atomic E-state index is 0.0550. The van der Waals surface area contributed by atoms with Crippen LogP contribution >= 0.6 is 0 Å². The van der Waals surface area contributed by atoms with Crippen LogP contribution in [0.15, 0.2) is 42.7 Å². The SMILES string of the molecule is O=C(Nc1cccc(CO)c1)c1ccnnc1. The normalized spacial score (nSPS) is 9.94. The minimum atomic E-state index is -0.255. The van der Waals surface area contributed by atoms with Crippen molar-refractivity contribution in [3.63, 3.8) is 0 Å². The van der Waals surface area contributed by atoms with E-state index in [1.54, 1.807) is 30.3 Å². The number of amides is 1. The smallest absolute Gasteiger partial charge is 0.257 e. The fourth-order valence-electron chi connectivity index (χ4n) is 1.38. The van der Waals surface area contributed by atoms with Crippen LogP contribution in [0.4, 0.5) is 5.69 Å². The molecule has 0 saturated heterocycles. The summed E-state index contributed by atoms with van der Waals surface area (Å²) < 4.78 is 0. The first-order chi connectivity index (χ1) is 8.29. The van der Waals surface area contributed by atoms with Gasteiger partial charge in [-0.15, -0.1) is 0 Å². The van der Waals surface area contributed by atoms with Crippen molar-refractivity contribution < 1.29 is 9.90 Å². The van der Waals surface area contributed by atoms with Gasteiger partial charge in [0.25, 0.3) is 5.91 Å². The number of aliphatic hydroxyl groups excluding tert-OH is 1. The molecule has 0 radical (unpaired) electrons. The summed E-state index contributed by atoms with van der Waals surface area (Å²) in [6, 6.07) is 8.60. The monoisotopic (exact) mass is 229 g/mol. The number of anilines is 1. The van der Waals surface area contributed by atoms with Crippen molar-refractivity contribution in [3.8, 4) is 0 Å². The van der Waals surface area contributed by atoms with Crippen LogP contribution in [0.25, 0.3) is 0 Å². The van der Waals surface area contributed by atoms with Gasteiger partial charge in [0, 0.05) is 5.69 Å². The molecular weight excluding hydrogens is 218 g/mol. The lowest BCUT2D eigenvalue weighted by molar-refractivity contribution is 0.102. The number of carbonyl (C=O) groups is 1. The number of hydrogen-bond acceptors (Lipinski definition) is 4. The number of benzene rings is 1. The third kappa shape index (κ3) is 2.85. The second-order valence-electron chi connectivity index (χ2n) is 3.44. The molecule has 2 rings (SSSR count). The molecule has 2 aromatic rings. The highest BCUT2D eigenvalue weighted by molar-refractivity contribution is 6.03. The van der Waals surface area contributed by atoms with E-state index in [1.807, 2.05) is 0 Å². The van der Waals surface area contributed by atoms with Crippen LogP contribution in [0.5, 0.6) is 0 Å². The maximum absolute atomic E-state index is 11.8. The van der Waals surface area contributed by atoms with E-state index in [4.69, 9.17) is 5.11 Å². The molecule has 0 unspecified atom stereocenters. The summed E-state index contributed by atoms with van der Waals surface area (Å²) in [5, 5.41) is 18.9. The first kappa shape index (κ1) is 11.2. The molecule has 2 N–H and O–H groups in total. The number of rotatable bonds is 3. The van der Waals surface area contributed by atoms with E-state index >= 15 is 0 Å². The van der Waals surface area contributed by atoms with Gasteiger partial charge in [-0.25, -0.2) is 0 Å². The number of hydrogen-bond donors (Lipinski definition) is 2. The van der Waals surface area contributed by atoms with Gasteiger partial charge in [-0.2, -0.15) is 10.2 Å². The largest absolute Gasteiger partial charge is 0.392 e. The van der Waals surface area contributed by atoms with Gasteiger partial charge in [-0.3, -0.25) is 4.79 Å². The molecule has 0 atom stereocenters. The molecule has 0 saturated carbocycles. The molecule has 1 heterocycles. The third-order valence-electron chi connectivity index (χ3n) is 2.21. The van der Waals surface area contributed by atoms with Crippen molar-refractivity contribution in [2.45, 2.75) is 6.61 Å². The Morgan fingerprint density at radius 1 is 1.29 bits per heavy atom. The molecule has 17 heavy (non-hydrogen) atoms. The number of aliphatic hydroxyl groups is 1. The fourth-order valence-corrected chi connectivity index (χ4v) is 1.38. The van der Waals surface area contributed by atoms with Crippen LogP contribution in [0, 0.1) is 0 Å². The molecule has 86 valence electrons. The predicted molar refractivity (Wildman–Crippen MR) is 62.4 cm³/mol. The molecule has 0 aliphatic heterocycles. The molecule has 0 fully saturated rings. The van der Waals surface area contributed by atoms with Crippen LogP contribution in [0.3, 0.4) is 0 Å². The molecule has 5 heteroatoms. The Kier molecular flexibility index (Phi) is 3.42. The summed E-state index contributed by atoms with van der Waals surface area (Å²) in [5.74, 6) is -0.255. The Morgan fingerprint density at radius 3 is 2.88 bits per heavy atom. The number of aromatic nitrogens is 2. The minimum Gasteiger partial charge on any atom is -0.392 e. The van der Waals surface area contributed by atoms with Crippen molar-refractivity contribution in [2.75, 3.05) is 5.32 Å². The predicted octanol–water partition coefficient (Wildman–Crippen LogP) is 1.22. The Bertz CT molecular complexity index is 514. The van der Waals surface area contributed by atoms with Gasteiger partial charge in [0.15, 0.2) is 0 Å². The zero-order chi connectivity index (χ0) is 12.1. The third-order valence-corrected chi connectivity index (χ3v) is 2.21. The van der Waals surface area contributed by atoms with Crippen LogP contribution < -0.4 is 5.32 Å². The maximum Gasteiger partial charge on any atom is 0.257 e. The van der Waals surface area contributed by atoms with Gasteiger partial charge < -0.3 is 10.4 Å². The number of nitrogens with one attached hydrogen (secondary N) is 1. The molecular formula is C12H11N3O2. The van der Waals surface area contributed by atoms with E-state index in [0.29, 0.717) is 11.3 Å². The maximum atomic E-state index is 11.8. The summed E-state index contributed by atoms with van der Waals surface area (Å²) in [5.41, 5.74) is 1.82. The van der Waals surface area contributed by atoms with Crippen LogP contribution in [0.1, 0.15) is 15.9 Å². The summed E-state index contributed by atoms with van der Waals surface area (Å²) >= 11 is 0. The van der Waals surface area contributed by atoms with Crippen molar-refractivity contribution in [1.82, 2.24) is 10.2 Å². The Morgan fingerprint density at radius 2 is 2.18 bits per heavy atom. The van der Waals surface area contributed by atoms with E-state index in [0.717, 1.165) is 5.56 Å².